The molecule has 5 nitrogen and oxygen atoms in total. The number of hydrogen-bond donors (Lipinski definition) is 1. The van der Waals surface area contributed by atoms with E-state index < -0.39 is 5.97 Å². The minimum atomic E-state index is -1.00. The molecule has 0 amide bonds. The van der Waals surface area contributed by atoms with E-state index in [2.05, 4.69) is 20.9 Å². The molecule has 0 atom stereocenters. The third kappa shape index (κ3) is 3.08. The van der Waals surface area contributed by atoms with Crippen molar-refractivity contribution in [1.82, 2.24) is 9.55 Å². The molecule has 1 aromatic carbocycles. The number of benzene rings is 1. The second-order valence-electron chi connectivity index (χ2n) is 3.80. The summed E-state index contributed by atoms with van der Waals surface area (Å²) in [6.45, 7) is 0.199. The standard InChI is InChI=1S/C12H10BrClN2O3/c1-16-10(14)5-15-11(16)6-19-9-4-7(12(17)18)2-3-8(9)13/h2-5H,6H2,1H3,(H,17,18). The average Bonchev–Trinajstić information content (AvgIpc) is 2.69. The molecule has 100 valence electrons. The number of carbonyl (C=O) groups is 1. The maximum absolute atomic E-state index is 10.9. The molecule has 0 fully saturated rings. The fourth-order valence-electron chi connectivity index (χ4n) is 1.45. The van der Waals surface area contributed by atoms with Gasteiger partial charge in [-0.15, -0.1) is 0 Å². The van der Waals surface area contributed by atoms with Gasteiger partial charge in [-0.2, -0.15) is 0 Å². The van der Waals surface area contributed by atoms with E-state index in [9.17, 15) is 4.79 Å². The predicted octanol–water partition coefficient (Wildman–Crippen LogP) is 3.11. The van der Waals surface area contributed by atoms with E-state index in [0.29, 0.717) is 21.2 Å². The molecule has 2 rings (SSSR count). The van der Waals surface area contributed by atoms with Crippen LogP contribution in [-0.2, 0) is 13.7 Å². The lowest BCUT2D eigenvalue weighted by Gasteiger charge is -2.09. The van der Waals surface area contributed by atoms with Crippen LogP contribution in [0.15, 0.2) is 28.9 Å². The van der Waals surface area contributed by atoms with Crippen LogP contribution in [0.2, 0.25) is 5.15 Å². The molecule has 0 saturated heterocycles. The Balaban J connectivity index is 2.17. The normalized spacial score (nSPS) is 10.5. The zero-order valence-corrected chi connectivity index (χ0v) is 12.3. The highest BCUT2D eigenvalue weighted by molar-refractivity contribution is 9.10. The number of ether oxygens (including phenoxy) is 1. The van der Waals surface area contributed by atoms with Crippen molar-refractivity contribution in [2.75, 3.05) is 0 Å². The average molecular weight is 346 g/mol. The first-order chi connectivity index (χ1) is 8.99. The van der Waals surface area contributed by atoms with Crippen molar-refractivity contribution in [3.63, 3.8) is 0 Å². The Morgan fingerprint density at radius 1 is 1.58 bits per heavy atom. The smallest absolute Gasteiger partial charge is 0.335 e. The van der Waals surface area contributed by atoms with Crippen LogP contribution in [0.25, 0.3) is 0 Å². The largest absolute Gasteiger partial charge is 0.484 e. The highest BCUT2D eigenvalue weighted by atomic mass is 79.9. The first kappa shape index (κ1) is 13.9. The molecule has 0 saturated carbocycles. The van der Waals surface area contributed by atoms with Crippen LogP contribution in [0.3, 0.4) is 0 Å². The monoisotopic (exact) mass is 344 g/mol. The Morgan fingerprint density at radius 2 is 2.32 bits per heavy atom. The zero-order chi connectivity index (χ0) is 14.0. The van der Waals surface area contributed by atoms with E-state index in [1.165, 1.54) is 18.3 Å². The van der Waals surface area contributed by atoms with E-state index in [1.807, 2.05) is 0 Å². The minimum Gasteiger partial charge on any atom is -0.484 e. The van der Waals surface area contributed by atoms with Crippen LogP contribution >= 0.6 is 27.5 Å². The van der Waals surface area contributed by atoms with Crippen molar-refractivity contribution in [2.24, 2.45) is 7.05 Å². The molecule has 0 radical (unpaired) electrons. The summed E-state index contributed by atoms with van der Waals surface area (Å²) in [5.41, 5.74) is 0.163. The predicted molar refractivity (Wildman–Crippen MR) is 73.7 cm³/mol. The van der Waals surface area contributed by atoms with Crippen molar-refractivity contribution in [1.29, 1.82) is 0 Å². The lowest BCUT2D eigenvalue weighted by Crippen LogP contribution is -2.05. The summed E-state index contributed by atoms with van der Waals surface area (Å²) < 4.78 is 7.93. The molecule has 0 bridgehead atoms. The number of hydrogen-bond acceptors (Lipinski definition) is 3. The van der Waals surface area contributed by atoms with Gasteiger partial charge in [-0.25, -0.2) is 9.78 Å². The summed E-state index contributed by atoms with van der Waals surface area (Å²) >= 11 is 9.17. The summed E-state index contributed by atoms with van der Waals surface area (Å²) in [5, 5.41) is 9.44. The van der Waals surface area contributed by atoms with Gasteiger partial charge in [-0.05, 0) is 34.1 Å². The molecule has 0 aliphatic heterocycles. The lowest BCUT2D eigenvalue weighted by molar-refractivity contribution is 0.0696. The second kappa shape index (κ2) is 5.63. The molecule has 0 aliphatic carbocycles. The molecule has 0 unspecified atom stereocenters. The molecule has 2 aromatic rings. The highest BCUT2D eigenvalue weighted by Gasteiger charge is 2.10. The Labute approximate surface area is 122 Å². The van der Waals surface area contributed by atoms with E-state index in [4.69, 9.17) is 21.4 Å². The van der Waals surface area contributed by atoms with Crippen LogP contribution in [0.1, 0.15) is 16.2 Å². The van der Waals surface area contributed by atoms with Gasteiger partial charge in [-0.3, -0.25) is 0 Å². The second-order valence-corrected chi connectivity index (χ2v) is 5.04. The van der Waals surface area contributed by atoms with E-state index in [0.717, 1.165) is 0 Å². The number of imidazole rings is 1. The fourth-order valence-corrected chi connectivity index (χ4v) is 1.96. The molecular formula is C12H10BrClN2O3. The number of aromatic carboxylic acids is 1. The Hall–Kier alpha value is -1.53. The Bertz CT molecular complexity index is 627. The number of carboxylic acid groups (broad SMARTS) is 1. The molecule has 19 heavy (non-hydrogen) atoms. The first-order valence-electron chi connectivity index (χ1n) is 5.30. The maximum Gasteiger partial charge on any atom is 0.335 e. The Kier molecular flexibility index (Phi) is 4.11. The van der Waals surface area contributed by atoms with Gasteiger partial charge in [0.05, 0.1) is 16.2 Å². The molecule has 0 aliphatic rings. The van der Waals surface area contributed by atoms with Crippen LogP contribution in [0, 0.1) is 0 Å². The molecule has 0 spiro atoms. The van der Waals surface area contributed by atoms with Gasteiger partial charge in [0.15, 0.2) is 0 Å². The van der Waals surface area contributed by atoms with Crippen molar-refractivity contribution in [3.05, 3.63) is 45.4 Å². The molecule has 1 aromatic heterocycles. The van der Waals surface area contributed by atoms with Gasteiger partial charge < -0.3 is 14.4 Å². The number of halogens is 2. The van der Waals surface area contributed by atoms with Gasteiger partial charge in [0.2, 0.25) is 0 Å². The number of carboxylic acids is 1. The van der Waals surface area contributed by atoms with E-state index in [1.54, 1.807) is 17.7 Å². The third-order valence-electron chi connectivity index (χ3n) is 2.56. The van der Waals surface area contributed by atoms with Gasteiger partial charge in [0, 0.05) is 7.05 Å². The maximum atomic E-state index is 10.9. The summed E-state index contributed by atoms with van der Waals surface area (Å²) in [6, 6.07) is 4.58. The van der Waals surface area contributed by atoms with Crippen LogP contribution in [-0.4, -0.2) is 20.6 Å². The fraction of sp³-hybridized carbons (Fsp3) is 0.167. The van der Waals surface area contributed by atoms with Crippen molar-refractivity contribution >= 4 is 33.5 Å². The summed E-state index contributed by atoms with van der Waals surface area (Å²) in [7, 11) is 1.77. The van der Waals surface area contributed by atoms with Gasteiger partial charge in [-0.1, -0.05) is 11.6 Å². The zero-order valence-electron chi connectivity index (χ0n) is 9.93. The highest BCUT2D eigenvalue weighted by Crippen LogP contribution is 2.27. The Morgan fingerprint density at radius 3 is 2.89 bits per heavy atom. The van der Waals surface area contributed by atoms with Gasteiger partial charge >= 0.3 is 5.97 Å². The van der Waals surface area contributed by atoms with Crippen LogP contribution in [0.5, 0.6) is 5.75 Å². The van der Waals surface area contributed by atoms with E-state index in [-0.39, 0.29) is 12.2 Å². The first-order valence-corrected chi connectivity index (χ1v) is 6.48. The van der Waals surface area contributed by atoms with Crippen LogP contribution in [0.4, 0.5) is 0 Å². The van der Waals surface area contributed by atoms with Crippen molar-refractivity contribution in [2.45, 2.75) is 6.61 Å². The quantitative estimate of drug-likeness (QED) is 0.925. The topological polar surface area (TPSA) is 64.4 Å². The van der Waals surface area contributed by atoms with Crippen molar-refractivity contribution < 1.29 is 14.6 Å². The number of nitrogens with zero attached hydrogens (tertiary/aromatic N) is 2. The molecule has 1 N–H and O–H groups in total. The molecular weight excluding hydrogens is 335 g/mol. The molecule has 7 heteroatoms. The summed E-state index contributed by atoms with van der Waals surface area (Å²) in [4.78, 5) is 15.0. The van der Waals surface area contributed by atoms with Crippen molar-refractivity contribution in [3.8, 4) is 5.75 Å². The third-order valence-corrected chi connectivity index (χ3v) is 3.57. The summed E-state index contributed by atoms with van der Waals surface area (Å²) in [5.74, 6) is 0.0917. The number of rotatable bonds is 4. The van der Waals surface area contributed by atoms with Gasteiger partial charge in [0.25, 0.3) is 0 Å². The van der Waals surface area contributed by atoms with E-state index >= 15 is 0 Å². The van der Waals surface area contributed by atoms with Gasteiger partial charge in [0.1, 0.15) is 23.3 Å². The minimum absolute atomic E-state index is 0.163. The lowest BCUT2D eigenvalue weighted by atomic mass is 10.2. The summed E-state index contributed by atoms with van der Waals surface area (Å²) in [6.07, 6.45) is 1.53. The van der Waals surface area contributed by atoms with Crippen LogP contribution < -0.4 is 4.74 Å². The molecule has 1 heterocycles. The SMILES string of the molecule is Cn1c(Cl)cnc1COc1cc(C(=O)O)ccc1Br. The number of aromatic nitrogens is 2.